The van der Waals surface area contributed by atoms with Crippen molar-refractivity contribution in [3.63, 3.8) is 0 Å². The van der Waals surface area contributed by atoms with Gasteiger partial charge in [-0.3, -0.25) is 0 Å². The predicted molar refractivity (Wildman–Crippen MR) is 65.4 cm³/mol. The minimum absolute atomic E-state index is 0.253. The van der Waals surface area contributed by atoms with Crippen LogP contribution in [0.25, 0.3) is 0 Å². The summed E-state index contributed by atoms with van der Waals surface area (Å²) in [7, 11) is 0. The highest BCUT2D eigenvalue weighted by atomic mass is 16.5. The molecule has 0 aromatic carbocycles. The lowest BCUT2D eigenvalue weighted by Gasteiger charge is -2.38. The fourth-order valence-electron chi connectivity index (χ4n) is 2.92. The van der Waals surface area contributed by atoms with Gasteiger partial charge in [-0.05, 0) is 37.7 Å². The summed E-state index contributed by atoms with van der Waals surface area (Å²) in [6.45, 7) is 2.85. The monoisotopic (exact) mass is 224 g/mol. The van der Waals surface area contributed by atoms with E-state index in [-0.39, 0.29) is 6.10 Å². The zero-order chi connectivity index (χ0) is 11.4. The second-order valence-corrected chi connectivity index (χ2v) is 5.22. The van der Waals surface area contributed by atoms with Crippen LogP contribution in [0.2, 0.25) is 0 Å². The Bertz CT molecular complexity index is 259. The predicted octanol–water partition coefficient (Wildman–Crippen LogP) is 3.20. The summed E-state index contributed by atoms with van der Waals surface area (Å²) in [6.07, 6.45) is 11.2. The van der Waals surface area contributed by atoms with Gasteiger partial charge in [0, 0.05) is 12.8 Å². The third-order valence-corrected chi connectivity index (χ3v) is 4.03. The molecule has 2 rings (SSSR count). The molecule has 1 fully saturated rings. The van der Waals surface area contributed by atoms with Crippen LogP contribution in [-0.2, 0) is 4.74 Å². The van der Waals surface area contributed by atoms with E-state index < -0.39 is 5.60 Å². The average Bonchev–Trinajstić information content (AvgIpc) is 2.58. The van der Waals surface area contributed by atoms with Crippen LogP contribution in [0, 0.1) is 0 Å². The maximum Gasteiger partial charge on any atom is 0.0903 e. The van der Waals surface area contributed by atoms with E-state index in [0.29, 0.717) is 6.61 Å². The van der Waals surface area contributed by atoms with Crippen molar-refractivity contribution in [1.29, 1.82) is 0 Å². The maximum absolute atomic E-state index is 10.8. The number of hydrogen-bond acceptors (Lipinski definition) is 2. The van der Waals surface area contributed by atoms with E-state index in [2.05, 4.69) is 13.0 Å². The van der Waals surface area contributed by atoms with Crippen molar-refractivity contribution in [2.45, 2.75) is 70.0 Å². The molecule has 1 saturated heterocycles. The first kappa shape index (κ1) is 12.1. The van der Waals surface area contributed by atoms with Gasteiger partial charge in [-0.1, -0.05) is 19.4 Å². The molecule has 0 bridgehead atoms. The Hall–Kier alpha value is -0.340. The van der Waals surface area contributed by atoms with Gasteiger partial charge in [0.15, 0.2) is 0 Å². The van der Waals surface area contributed by atoms with Gasteiger partial charge in [0.25, 0.3) is 0 Å². The first-order valence-electron chi connectivity index (χ1n) is 6.78. The van der Waals surface area contributed by atoms with Crippen molar-refractivity contribution >= 4 is 0 Å². The minimum Gasteiger partial charge on any atom is -0.385 e. The van der Waals surface area contributed by atoms with Crippen molar-refractivity contribution < 1.29 is 9.84 Å². The highest BCUT2D eigenvalue weighted by Crippen LogP contribution is 2.36. The van der Waals surface area contributed by atoms with Gasteiger partial charge in [0.1, 0.15) is 0 Å². The van der Waals surface area contributed by atoms with Gasteiger partial charge < -0.3 is 9.84 Å². The van der Waals surface area contributed by atoms with Crippen LogP contribution in [0.4, 0.5) is 0 Å². The first-order chi connectivity index (χ1) is 7.74. The summed E-state index contributed by atoms with van der Waals surface area (Å²) in [5, 5.41) is 10.8. The summed E-state index contributed by atoms with van der Waals surface area (Å²) in [5.41, 5.74) is 0.746. The molecule has 2 aliphatic rings. The number of rotatable bonds is 2. The molecule has 0 radical (unpaired) electrons. The van der Waals surface area contributed by atoms with E-state index in [1.165, 1.54) is 24.8 Å². The number of aliphatic hydroxyl groups is 1. The zero-order valence-corrected chi connectivity index (χ0v) is 10.4. The highest BCUT2D eigenvalue weighted by molar-refractivity contribution is 5.19. The molecule has 92 valence electrons. The smallest absolute Gasteiger partial charge is 0.0903 e. The van der Waals surface area contributed by atoms with E-state index in [0.717, 1.165) is 32.1 Å². The van der Waals surface area contributed by atoms with E-state index >= 15 is 0 Å². The van der Waals surface area contributed by atoms with Crippen molar-refractivity contribution in [2.75, 3.05) is 6.61 Å². The standard InChI is InChI=1S/C14H24O2/c1-2-13-11-14(15,9-10-16-13)12-7-5-3-4-6-8-12/h7,13,15H,2-6,8-11H2,1H3. The van der Waals surface area contributed by atoms with Crippen LogP contribution >= 0.6 is 0 Å². The van der Waals surface area contributed by atoms with Gasteiger partial charge in [-0.15, -0.1) is 0 Å². The molecular weight excluding hydrogens is 200 g/mol. The Labute approximate surface area is 98.7 Å². The molecule has 1 heterocycles. The lowest BCUT2D eigenvalue weighted by molar-refractivity contribution is -0.0862. The molecule has 2 unspecified atom stereocenters. The zero-order valence-electron chi connectivity index (χ0n) is 10.4. The van der Waals surface area contributed by atoms with Crippen LogP contribution in [0.15, 0.2) is 11.6 Å². The molecule has 1 N–H and O–H groups in total. The third kappa shape index (κ3) is 2.67. The first-order valence-corrected chi connectivity index (χ1v) is 6.78. The van der Waals surface area contributed by atoms with Crippen molar-refractivity contribution in [1.82, 2.24) is 0 Å². The van der Waals surface area contributed by atoms with Gasteiger partial charge in [0.2, 0.25) is 0 Å². The molecule has 1 aliphatic heterocycles. The Morgan fingerprint density at radius 1 is 1.44 bits per heavy atom. The number of hydrogen-bond donors (Lipinski definition) is 1. The molecule has 16 heavy (non-hydrogen) atoms. The maximum atomic E-state index is 10.8. The van der Waals surface area contributed by atoms with E-state index in [1.54, 1.807) is 0 Å². The topological polar surface area (TPSA) is 29.5 Å². The Morgan fingerprint density at radius 2 is 2.31 bits per heavy atom. The van der Waals surface area contributed by atoms with Crippen LogP contribution in [-0.4, -0.2) is 23.4 Å². The number of ether oxygens (including phenoxy) is 1. The highest BCUT2D eigenvalue weighted by Gasteiger charge is 2.37. The second-order valence-electron chi connectivity index (χ2n) is 5.22. The average molecular weight is 224 g/mol. The Balaban J connectivity index is 2.07. The molecule has 2 nitrogen and oxygen atoms in total. The van der Waals surface area contributed by atoms with E-state index in [9.17, 15) is 5.11 Å². The quantitative estimate of drug-likeness (QED) is 0.730. The fraction of sp³-hybridized carbons (Fsp3) is 0.857. The Kier molecular flexibility index (Phi) is 4.04. The summed E-state index contributed by atoms with van der Waals surface area (Å²) in [6, 6.07) is 0. The molecule has 0 amide bonds. The van der Waals surface area contributed by atoms with E-state index in [4.69, 9.17) is 4.74 Å². The van der Waals surface area contributed by atoms with Gasteiger partial charge in [0.05, 0.1) is 18.3 Å². The minimum atomic E-state index is -0.552. The van der Waals surface area contributed by atoms with Crippen LogP contribution in [0.5, 0.6) is 0 Å². The Morgan fingerprint density at radius 3 is 3.12 bits per heavy atom. The second kappa shape index (κ2) is 5.33. The van der Waals surface area contributed by atoms with Gasteiger partial charge >= 0.3 is 0 Å². The lowest BCUT2D eigenvalue weighted by Crippen LogP contribution is -2.42. The largest absolute Gasteiger partial charge is 0.385 e. The molecule has 0 spiro atoms. The summed E-state index contributed by atoms with van der Waals surface area (Å²) >= 11 is 0. The molecular formula is C14H24O2. The van der Waals surface area contributed by atoms with Crippen LogP contribution in [0.1, 0.15) is 58.3 Å². The molecule has 0 saturated carbocycles. The fourth-order valence-corrected chi connectivity index (χ4v) is 2.92. The number of allylic oxidation sites excluding steroid dienone is 1. The van der Waals surface area contributed by atoms with Gasteiger partial charge in [-0.25, -0.2) is 0 Å². The van der Waals surface area contributed by atoms with Crippen molar-refractivity contribution in [3.8, 4) is 0 Å². The molecule has 0 aromatic rings. The summed E-state index contributed by atoms with van der Waals surface area (Å²) < 4.78 is 5.66. The molecule has 0 aromatic heterocycles. The summed E-state index contributed by atoms with van der Waals surface area (Å²) in [4.78, 5) is 0. The molecule has 2 atom stereocenters. The normalized spacial score (nSPS) is 36.6. The lowest BCUT2D eigenvalue weighted by atomic mass is 9.81. The van der Waals surface area contributed by atoms with Crippen molar-refractivity contribution in [2.24, 2.45) is 0 Å². The summed E-state index contributed by atoms with van der Waals surface area (Å²) in [5.74, 6) is 0. The third-order valence-electron chi connectivity index (χ3n) is 4.03. The van der Waals surface area contributed by atoms with E-state index in [1.807, 2.05) is 0 Å². The van der Waals surface area contributed by atoms with Crippen LogP contribution in [0.3, 0.4) is 0 Å². The molecule has 2 heteroatoms. The molecule has 1 aliphatic carbocycles. The SMILES string of the molecule is CCC1CC(O)(C2=CCCCCC2)CCO1. The van der Waals surface area contributed by atoms with Crippen molar-refractivity contribution in [3.05, 3.63) is 11.6 Å². The van der Waals surface area contributed by atoms with Gasteiger partial charge in [-0.2, -0.15) is 0 Å². The van der Waals surface area contributed by atoms with Crippen LogP contribution < -0.4 is 0 Å².